The van der Waals surface area contributed by atoms with Crippen LogP contribution in [0, 0.1) is 0 Å². The minimum Gasteiger partial charge on any atom is -0.480 e. The van der Waals surface area contributed by atoms with E-state index >= 15 is 0 Å². The summed E-state index contributed by atoms with van der Waals surface area (Å²) in [6.07, 6.45) is 0.910. The Morgan fingerprint density at radius 1 is 1.35 bits per heavy atom. The van der Waals surface area contributed by atoms with E-state index in [2.05, 4.69) is 10.6 Å². The van der Waals surface area contributed by atoms with E-state index in [0.717, 1.165) is 6.26 Å². The highest BCUT2D eigenvalue weighted by Crippen LogP contribution is 1.91. The number of nitrogens with one attached hydrogen (secondary N) is 2. The fourth-order valence-corrected chi connectivity index (χ4v) is 1.42. The number of carboxylic acid groups (broad SMARTS) is 1. The first-order chi connectivity index (χ1) is 7.76. The molecule has 0 rings (SSSR count). The standard InChI is InChI=1S/C8H16N2O6S/c1-17(15,16)5-3-9-8(14)10-6(2-4-11)7(12)13/h6,11H,2-5H2,1H3,(H,12,13)(H2,9,10,14)/t6-/m1/s1. The summed E-state index contributed by atoms with van der Waals surface area (Å²) in [6.45, 7) is -0.475. The van der Waals surface area contributed by atoms with Gasteiger partial charge in [0.25, 0.3) is 0 Å². The molecule has 1 atom stereocenters. The number of hydrogen-bond acceptors (Lipinski definition) is 5. The van der Waals surface area contributed by atoms with Crippen LogP contribution in [-0.4, -0.2) is 61.8 Å². The molecule has 0 unspecified atom stereocenters. The Morgan fingerprint density at radius 3 is 2.35 bits per heavy atom. The van der Waals surface area contributed by atoms with Crippen molar-refractivity contribution in [2.75, 3.05) is 25.2 Å². The van der Waals surface area contributed by atoms with Gasteiger partial charge in [-0.05, 0) is 0 Å². The Labute approximate surface area is 98.9 Å². The van der Waals surface area contributed by atoms with Gasteiger partial charge in [-0.15, -0.1) is 0 Å². The van der Waals surface area contributed by atoms with E-state index in [9.17, 15) is 18.0 Å². The summed E-state index contributed by atoms with van der Waals surface area (Å²) in [7, 11) is -3.17. The molecule has 2 amide bonds. The van der Waals surface area contributed by atoms with E-state index in [4.69, 9.17) is 10.2 Å². The molecule has 0 aliphatic rings. The van der Waals surface area contributed by atoms with E-state index in [1.165, 1.54) is 0 Å². The van der Waals surface area contributed by atoms with Crippen LogP contribution in [0.15, 0.2) is 0 Å². The molecule has 0 aliphatic heterocycles. The Balaban J connectivity index is 4.03. The van der Waals surface area contributed by atoms with E-state index in [0.29, 0.717) is 0 Å². The summed E-state index contributed by atoms with van der Waals surface area (Å²) in [4.78, 5) is 21.8. The maximum Gasteiger partial charge on any atom is 0.326 e. The average molecular weight is 268 g/mol. The molecule has 0 fully saturated rings. The predicted molar refractivity (Wildman–Crippen MR) is 59.4 cm³/mol. The Bertz CT molecular complexity index is 366. The van der Waals surface area contributed by atoms with Crippen LogP contribution in [0.5, 0.6) is 0 Å². The van der Waals surface area contributed by atoms with Crippen LogP contribution in [0.3, 0.4) is 0 Å². The van der Waals surface area contributed by atoms with Crippen molar-refractivity contribution in [3.63, 3.8) is 0 Å². The first kappa shape index (κ1) is 15.7. The van der Waals surface area contributed by atoms with Crippen molar-refractivity contribution in [3.8, 4) is 0 Å². The third kappa shape index (κ3) is 8.46. The van der Waals surface area contributed by atoms with E-state index < -0.39 is 27.9 Å². The van der Waals surface area contributed by atoms with Crippen molar-refractivity contribution < 1.29 is 28.2 Å². The number of carbonyl (C=O) groups excluding carboxylic acids is 1. The summed E-state index contributed by atoms with van der Waals surface area (Å²) in [5.74, 6) is -1.49. The molecule has 0 aliphatic carbocycles. The molecule has 8 nitrogen and oxygen atoms in total. The van der Waals surface area contributed by atoms with Gasteiger partial charge in [-0.3, -0.25) is 0 Å². The maximum absolute atomic E-state index is 11.2. The fourth-order valence-electron chi connectivity index (χ4n) is 0.946. The first-order valence-corrected chi connectivity index (χ1v) is 6.88. The highest BCUT2D eigenvalue weighted by atomic mass is 32.2. The normalized spacial score (nSPS) is 12.8. The number of urea groups is 1. The number of sulfone groups is 1. The number of carbonyl (C=O) groups is 2. The molecule has 0 heterocycles. The third-order valence-electron chi connectivity index (χ3n) is 1.78. The molecule has 0 spiro atoms. The molecule has 0 aromatic carbocycles. The number of aliphatic hydroxyl groups excluding tert-OH is 1. The second-order valence-electron chi connectivity index (χ2n) is 3.43. The zero-order valence-electron chi connectivity index (χ0n) is 9.34. The van der Waals surface area contributed by atoms with Gasteiger partial charge in [-0.1, -0.05) is 0 Å². The average Bonchev–Trinajstić information content (AvgIpc) is 2.14. The summed E-state index contributed by atoms with van der Waals surface area (Å²) in [6, 6.07) is -1.98. The third-order valence-corrected chi connectivity index (χ3v) is 2.73. The zero-order chi connectivity index (χ0) is 13.5. The van der Waals surface area contributed by atoms with Gasteiger partial charge in [0.1, 0.15) is 15.9 Å². The molecule has 0 saturated carbocycles. The molecule has 0 aromatic rings. The van der Waals surface area contributed by atoms with Crippen LogP contribution >= 0.6 is 0 Å². The van der Waals surface area contributed by atoms with Gasteiger partial charge in [0, 0.05) is 25.8 Å². The monoisotopic (exact) mass is 268 g/mol. The van der Waals surface area contributed by atoms with Crippen molar-refractivity contribution in [3.05, 3.63) is 0 Å². The van der Waals surface area contributed by atoms with E-state index in [-0.39, 0.29) is 25.3 Å². The number of hydrogen-bond donors (Lipinski definition) is 4. The molecule has 0 bridgehead atoms. The van der Waals surface area contributed by atoms with Crippen molar-refractivity contribution in [2.45, 2.75) is 12.5 Å². The molecule has 0 aromatic heterocycles. The minimum absolute atomic E-state index is 0.101. The molecule has 4 N–H and O–H groups in total. The van der Waals surface area contributed by atoms with Crippen molar-refractivity contribution in [2.24, 2.45) is 0 Å². The van der Waals surface area contributed by atoms with Crippen molar-refractivity contribution >= 4 is 21.8 Å². The number of rotatable bonds is 7. The van der Waals surface area contributed by atoms with Gasteiger partial charge < -0.3 is 20.8 Å². The van der Waals surface area contributed by atoms with Gasteiger partial charge in [0.15, 0.2) is 0 Å². The topological polar surface area (TPSA) is 133 Å². The van der Waals surface area contributed by atoms with Crippen LogP contribution in [0.1, 0.15) is 6.42 Å². The second kappa shape index (κ2) is 7.07. The number of aliphatic carboxylic acids is 1. The lowest BCUT2D eigenvalue weighted by Crippen LogP contribution is -2.47. The van der Waals surface area contributed by atoms with Crippen LogP contribution in [0.4, 0.5) is 4.79 Å². The Kier molecular flexibility index (Phi) is 6.51. The number of amides is 2. The largest absolute Gasteiger partial charge is 0.480 e. The molecule has 0 saturated heterocycles. The highest BCUT2D eigenvalue weighted by molar-refractivity contribution is 7.90. The van der Waals surface area contributed by atoms with Crippen LogP contribution < -0.4 is 10.6 Å². The quantitative estimate of drug-likeness (QED) is 0.429. The van der Waals surface area contributed by atoms with Crippen molar-refractivity contribution in [1.82, 2.24) is 10.6 Å². The van der Waals surface area contributed by atoms with E-state index in [1.807, 2.05) is 0 Å². The molecule has 9 heteroatoms. The first-order valence-electron chi connectivity index (χ1n) is 4.82. The second-order valence-corrected chi connectivity index (χ2v) is 5.69. The van der Waals surface area contributed by atoms with Gasteiger partial charge in [-0.2, -0.15) is 0 Å². The van der Waals surface area contributed by atoms with E-state index in [1.54, 1.807) is 0 Å². The summed E-state index contributed by atoms with van der Waals surface area (Å²) in [5.41, 5.74) is 0. The lowest BCUT2D eigenvalue weighted by atomic mass is 10.2. The summed E-state index contributed by atoms with van der Waals surface area (Å²) in [5, 5.41) is 21.5. The zero-order valence-corrected chi connectivity index (χ0v) is 10.2. The SMILES string of the molecule is CS(=O)(=O)CCNC(=O)N[C@H](CCO)C(=O)O. The summed E-state index contributed by atoms with van der Waals surface area (Å²) >= 11 is 0. The van der Waals surface area contributed by atoms with Gasteiger partial charge >= 0.3 is 12.0 Å². The molecular formula is C8H16N2O6S. The molecule has 17 heavy (non-hydrogen) atoms. The summed E-state index contributed by atoms with van der Waals surface area (Å²) < 4.78 is 21.5. The maximum atomic E-state index is 11.2. The predicted octanol–water partition coefficient (Wildman–Crippen LogP) is -1.83. The molecule has 0 radical (unpaired) electrons. The Hall–Kier alpha value is -1.35. The molecule has 100 valence electrons. The van der Waals surface area contributed by atoms with Crippen LogP contribution in [-0.2, 0) is 14.6 Å². The fraction of sp³-hybridized carbons (Fsp3) is 0.750. The number of aliphatic hydroxyl groups is 1. The van der Waals surface area contributed by atoms with Gasteiger partial charge in [0.05, 0.1) is 5.75 Å². The van der Waals surface area contributed by atoms with Gasteiger partial charge in [0.2, 0.25) is 0 Å². The lowest BCUT2D eigenvalue weighted by molar-refractivity contribution is -0.139. The highest BCUT2D eigenvalue weighted by Gasteiger charge is 2.18. The number of carboxylic acids is 1. The van der Waals surface area contributed by atoms with Crippen LogP contribution in [0.2, 0.25) is 0 Å². The smallest absolute Gasteiger partial charge is 0.326 e. The molecular weight excluding hydrogens is 252 g/mol. The minimum atomic E-state index is -3.17. The van der Waals surface area contributed by atoms with Crippen LogP contribution in [0.25, 0.3) is 0 Å². The lowest BCUT2D eigenvalue weighted by Gasteiger charge is -2.13. The van der Waals surface area contributed by atoms with Gasteiger partial charge in [-0.25, -0.2) is 18.0 Å². The van der Waals surface area contributed by atoms with Crippen molar-refractivity contribution in [1.29, 1.82) is 0 Å². The Morgan fingerprint density at radius 2 is 1.94 bits per heavy atom.